The Balaban J connectivity index is 3.80. The molecule has 0 bridgehead atoms. The minimum Gasteiger partial charge on any atom is -0.444 e. The van der Waals surface area contributed by atoms with Gasteiger partial charge in [0.25, 0.3) is 0 Å². The fourth-order valence-electron chi connectivity index (χ4n) is 1.90. The van der Waals surface area contributed by atoms with Gasteiger partial charge >= 0.3 is 6.09 Å². The molecule has 0 saturated carbocycles. The summed E-state index contributed by atoms with van der Waals surface area (Å²) in [6.07, 6.45) is 0.614. The van der Waals surface area contributed by atoms with Gasteiger partial charge < -0.3 is 24.8 Å². The summed E-state index contributed by atoms with van der Waals surface area (Å²) in [5, 5.41) is 6.28. The van der Waals surface area contributed by atoms with Crippen molar-refractivity contribution in [1.29, 1.82) is 0 Å². The summed E-state index contributed by atoms with van der Waals surface area (Å²) in [7, 11) is 1.67. The van der Waals surface area contributed by atoms with Crippen LogP contribution in [0.3, 0.4) is 0 Å². The summed E-state index contributed by atoms with van der Waals surface area (Å²) < 4.78 is 15.6. The first-order chi connectivity index (χ1) is 10.8. The van der Waals surface area contributed by atoms with Crippen LogP contribution in [-0.4, -0.2) is 58.3 Å². The van der Waals surface area contributed by atoms with Gasteiger partial charge in [0, 0.05) is 20.3 Å². The van der Waals surface area contributed by atoms with Gasteiger partial charge in [-0.05, 0) is 52.1 Å². The Kier molecular flexibility index (Phi) is 12.1. The second kappa shape index (κ2) is 12.6. The standard InChI is InChI=1S/C17H36N2O4/c1-14(2)15(13-19-16(20)23-17(3,4)5)12-18-8-7-9-22-11-10-21-6/h14-15,18H,7-13H2,1-6H3,(H,19,20). The van der Waals surface area contributed by atoms with Crippen LogP contribution in [0.25, 0.3) is 0 Å². The van der Waals surface area contributed by atoms with Gasteiger partial charge in [-0.15, -0.1) is 0 Å². The molecule has 23 heavy (non-hydrogen) atoms. The first-order valence-corrected chi connectivity index (χ1v) is 8.50. The number of nitrogens with one attached hydrogen (secondary N) is 2. The summed E-state index contributed by atoms with van der Waals surface area (Å²) >= 11 is 0. The van der Waals surface area contributed by atoms with E-state index in [1.54, 1.807) is 7.11 Å². The Hall–Kier alpha value is -0.850. The van der Waals surface area contributed by atoms with Crippen LogP contribution in [-0.2, 0) is 14.2 Å². The van der Waals surface area contributed by atoms with E-state index < -0.39 is 5.60 Å². The number of hydrogen-bond donors (Lipinski definition) is 2. The third-order valence-corrected chi connectivity index (χ3v) is 3.33. The van der Waals surface area contributed by atoms with Crippen LogP contribution in [0.1, 0.15) is 41.0 Å². The summed E-state index contributed by atoms with van der Waals surface area (Å²) in [5.74, 6) is 0.854. The largest absolute Gasteiger partial charge is 0.444 e. The molecule has 1 unspecified atom stereocenters. The third-order valence-electron chi connectivity index (χ3n) is 3.33. The lowest BCUT2D eigenvalue weighted by Crippen LogP contribution is -2.39. The summed E-state index contributed by atoms with van der Waals surface area (Å²) in [6, 6.07) is 0. The number of carbonyl (C=O) groups is 1. The van der Waals surface area contributed by atoms with E-state index in [1.807, 2.05) is 20.8 Å². The minimum absolute atomic E-state index is 0.352. The van der Waals surface area contributed by atoms with Gasteiger partial charge in [-0.25, -0.2) is 4.79 Å². The smallest absolute Gasteiger partial charge is 0.407 e. The van der Waals surface area contributed by atoms with E-state index in [9.17, 15) is 4.79 Å². The second-order valence-corrected chi connectivity index (χ2v) is 7.05. The van der Waals surface area contributed by atoms with Crippen LogP contribution in [0.15, 0.2) is 0 Å². The first kappa shape index (κ1) is 22.1. The van der Waals surface area contributed by atoms with E-state index in [4.69, 9.17) is 14.2 Å². The number of methoxy groups -OCH3 is 1. The average molecular weight is 332 g/mol. The van der Waals surface area contributed by atoms with Gasteiger partial charge in [-0.2, -0.15) is 0 Å². The highest BCUT2D eigenvalue weighted by Gasteiger charge is 2.18. The van der Waals surface area contributed by atoms with Gasteiger partial charge in [0.2, 0.25) is 0 Å². The molecule has 1 atom stereocenters. The van der Waals surface area contributed by atoms with Gasteiger partial charge in [-0.3, -0.25) is 0 Å². The lowest BCUT2D eigenvalue weighted by Gasteiger charge is -2.24. The molecule has 1 amide bonds. The third kappa shape index (κ3) is 14.5. The number of ether oxygens (including phenoxy) is 3. The first-order valence-electron chi connectivity index (χ1n) is 8.50. The minimum atomic E-state index is -0.460. The molecule has 0 aromatic carbocycles. The van der Waals surface area contributed by atoms with Crippen LogP contribution in [0, 0.1) is 11.8 Å². The zero-order valence-electron chi connectivity index (χ0n) is 15.7. The lowest BCUT2D eigenvalue weighted by atomic mass is 9.96. The Bertz CT molecular complexity index is 303. The van der Waals surface area contributed by atoms with Crippen LogP contribution in [0.4, 0.5) is 4.79 Å². The van der Waals surface area contributed by atoms with Gasteiger partial charge in [0.15, 0.2) is 0 Å². The molecule has 0 radical (unpaired) electrons. The van der Waals surface area contributed by atoms with E-state index in [2.05, 4.69) is 24.5 Å². The number of rotatable bonds is 12. The van der Waals surface area contributed by atoms with Crippen LogP contribution in [0.5, 0.6) is 0 Å². The van der Waals surface area contributed by atoms with Crippen molar-refractivity contribution in [2.75, 3.05) is 46.6 Å². The lowest BCUT2D eigenvalue weighted by molar-refractivity contribution is 0.0514. The molecule has 6 nitrogen and oxygen atoms in total. The van der Waals surface area contributed by atoms with Crippen LogP contribution < -0.4 is 10.6 Å². The van der Waals surface area contributed by atoms with E-state index >= 15 is 0 Å². The molecule has 0 aromatic rings. The quantitative estimate of drug-likeness (QED) is 0.537. The maximum absolute atomic E-state index is 11.7. The summed E-state index contributed by atoms with van der Waals surface area (Å²) in [6.45, 7) is 14.3. The van der Waals surface area contributed by atoms with Gasteiger partial charge in [-0.1, -0.05) is 13.8 Å². The van der Waals surface area contributed by atoms with E-state index in [0.717, 1.165) is 26.1 Å². The van der Waals surface area contributed by atoms with Crippen LogP contribution in [0.2, 0.25) is 0 Å². The Morgan fingerprint density at radius 3 is 2.35 bits per heavy atom. The van der Waals surface area contributed by atoms with E-state index in [1.165, 1.54) is 0 Å². The molecule has 0 rings (SSSR count). The highest BCUT2D eigenvalue weighted by molar-refractivity contribution is 5.67. The highest BCUT2D eigenvalue weighted by atomic mass is 16.6. The zero-order chi connectivity index (χ0) is 17.7. The van der Waals surface area contributed by atoms with Crippen LogP contribution >= 0.6 is 0 Å². The van der Waals surface area contributed by atoms with E-state index in [-0.39, 0.29) is 6.09 Å². The van der Waals surface area contributed by atoms with Crippen molar-refractivity contribution >= 4 is 6.09 Å². The number of alkyl carbamates (subject to hydrolysis) is 1. The van der Waals surface area contributed by atoms with Crippen molar-refractivity contribution in [1.82, 2.24) is 10.6 Å². The molecule has 0 spiro atoms. The molecule has 0 aliphatic heterocycles. The average Bonchev–Trinajstić information content (AvgIpc) is 2.42. The maximum Gasteiger partial charge on any atom is 0.407 e. The molecule has 0 aliphatic rings. The van der Waals surface area contributed by atoms with Crippen molar-refractivity contribution in [3.05, 3.63) is 0 Å². The molecule has 0 heterocycles. The Morgan fingerprint density at radius 1 is 1.09 bits per heavy atom. The number of hydrogen-bond acceptors (Lipinski definition) is 5. The fraction of sp³-hybridized carbons (Fsp3) is 0.941. The Morgan fingerprint density at radius 2 is 1.78 bits per heavy atom. The van der Waals surface area contributed by atoms with Gasteiger partial charge in [0.1, 0.15) is 5.60 Å². The van der Waals surface area contributed by atoms with E-state index in [0.29, 0.717) is 31.6 Å². The normalized spacial score (nSPS) is 13.2. The molecule has 6 heteroatoms. The zero-order valence-corrected chi connectivity index (χ0v) is 15.7. The SMILES string of the molecule is COCCOCCCNCC(CNC(=O)OC(C)(C)C)C(C)C. The van der Waals surface area contributed by atoms with Crippen molar-refractivity contribution in [3.8, 4) is 0 Å². The number of amides is 1. The molecule has 2 N–H and O–H groups in total. The summed E-state index contributed by atoms with van der Waals surface area (Å²) in [4.78, 5) is 11.7. The maximum atomic E-state index is 11.7. The van der Waals surface area contributed by atoms with Crippen molar-refractivity contribution in [2.45, 2.75) is 46.6 Å². The number of carbonyl (C=O) groups excluding carboxylic acids is 1. The monoisotopic (exact) mass is 332 g/mol. The second-order valence-electron chi connectivity index (χ2n) is 7.05. The molecular formula is C17H36N2O4. The van der Waals surface area contributed by atoms with Crippen molar-refractivity contribution in [3.63, 3.8) is 0 Å². The van der Waals surface area contributed by atoms with Gasteiger partial charge in [0.05, 0.1) is 13.2 Å². The predicted molar refractivity (Wildman–Crippen MR) is 92.7 cm³/mol. The molecule has 0 saturated heterocycles. The molecule has 138 valence electrons. The molecule has 0 fully saturated rings. The Labute approximate surface area is 141 Å². The predicted octanol–water partition coefficient (Wildman–Crippen LogP) is 2.43. The molecule has 0 aliphatic carbocycles. The topological polar surface area (TPSA) is 68.8 Å². The van der Waals surface area contributed by atoms with Crippen molar-refractivity contribution in [2.24, 2.45) is 11.8 Å². The molecular weight excluding hydrogens is 296 g/mol. The summed E-state index contributed by atoms with van der Waals surface area (Å²) in [5.41, 5.74) is -0.460. The molecule has 0 aromatic heterocycles. The van der Waals surface area contributed by atoms with Crippen molar-refractivity contribution < 1.29 is 19.0 Å². The fourth-order valence-corrected chi connectivity index (χ4v) is 1.90. The highest BCUT2D eigenvalue weighted by Crippen LogP contribution is 2.10.